The van der Waals surface area contributed by atoms with E-state index in [4.69, 9.17) is 9.15 Å². The fraction of sp³-hybridized carbons (Fsp3) is 0.250. The summed E-state index contributed by atoms with van der Waals surface area (Å²) in [5.41, 5.74) is 0.656. The average molecular weight is 219 g/mol. The van der Waals surface area contributed by atoms with Gasteiger partial charge in [0.25, 0.3) is 0 Å². The number of hydrogen-bond donors (Lipinski definition) is 0. The van der Waals surface area contributed by atoms with Crippen LogP contribution in [-0.2, 0) is 0 Å². The molecule has 0 aliphatic heterocycles. The lowest BCUT2D eigenvalue weighted by Crippen LogP contribution is -2.17. The molecule has 0 bridgehead atoms. The number of fused-ring (bicyclic) bond motifs is 1. The molecule has 0 amide bonds. The number of rotatable bonds is 2. The van der Waals surface area contributed by atoms with E-state index in [9.17, 15) is 4.79 Å². The third-order valence-corrected chi connectivity index (χ3v) is 2.41. The Morgan fingerprint density at radius 2 is 2.06 bits per heavy atom. The molecule has 0 radical (unpaired) electrons. The molecule has 0 aliphatic rings. The van der Waals surface area contributed by atoms with Crippen LogP contribution in [0.5, 0.6) is 5.75 Å². The van der Waals surface area contributed by atoms with Crippen molar-refractivity contribution in [3.63, 3.8) is 0 Å². The molecule has 0 unspecified atom stereocenters. The van der Waals surface area contributed by atoms with Crippen LogP contribution in [0, 0.1) is 0 Å². The van der Waals surface area contributed by atoms with E-state index in [0.717, 1.165) is 5.39 Å². The lowest BCUT2D eigenvalue weighted by molar-refractivity contribution is 0.407. The van der Waals surface area contributed by atoms with E-state index in [-0.39, 0.29) is 5.63 Å². The molecule has 84 valence electrons. The second kappa shape index (κ2) is 3.89. The number of hydrogen-bond acceptors (Lipinski definition) is 4. The number of para-hydroxylation sites is 1. The van der Waals surface area contributed by atoms with Crippen LogP contribution in [0.1, 0.15) is 0 Å². The molecule has 0 spiro atoms. The van der Waals surface area contributed by atoms with E-state index < -0.39 is 0 Å². The van der Waals surface area contributed by atoms with Gasteiger partial charge >= 0.3 is 5.63 Å². The Morgan fingerprint density at radius 1 is 1.31 bits per heavy atom. The van der Waals surface area contributed by atoms with Crippen molar-refractivity contribution < 1.29 is 9.15 Å². The second-order valence-corrected chi connectivity index (χ2v) is 3.69. The van der Waals surface area contributed by atoms with Gasteiger partial charge in [0.1, 0.15) is 5.69 Å². The average Bonchev–Trinajstić information content (AvgIpc) is 2.27. The molecule has 2 aromatic rings. The van der Waals surface area contributed by atoms with Gasteiger partial charge < -0.3 is 14.1 Å². The Labute approximate surface area is 93.0 Å². The van der Waals surface area contributed by atoms with Crippen LogP contribution in [0.3, 0.4) is 0 Å². The van der Waals surface area contributed by atoms with E-state index in [2.05, 4.69) is 0 Å². The molecule has 0 N–H and O–H groups in total. The Balaban J connectivity index is 2.78. The van der Waals surface area contributed by atoms with Crippen molar-refractivity contribution in [3.05, 3.63) is 34.7 Å². The summed E-state index contributed by atoms with van der Waals surface area (Å²) in [7, 11) is 5.16. The van der Waals surface area contributed by atoms with E-state index in [1.165, 1.54) is 0 Å². The summed E-state index contributed by atoms with van der Waals surface area (Å²) < 4.78 is 10.4. The maximum atomic E-state index is 11.7. The van der Waals surface area contributed by atoms with Crippen molar-refractivity contribution in [2.24, 2.45) is 0 Å². The van der Waals surface area contributed by atoms with Gasteiger partial charge in [-0.15, -0.1) is 0 Å². The molecule has 0 aliphatic carbocycles. The van der Waals surface area contributed by atoms with Crippen LogP contribution in [0.15, 0.2) is 33.5 Å². The monoisotopic (exact) mass is 219 g/mol. The number of anilines is 1. The van der Waals surface area contributed by atoms with Crippen molar-refractivity contribution in [3.8, 4) is 5.75 Å². The van der Waals surface area contributed by atoms with Gasteiger partial charge in [0, 0.05) is 19.5 Å². The summed E-state index contributed by atoms with van der Waals surface area (Å²) in [5, 5.41) is 0.850. The number of benzene rings is 1. The van der Waals surface area contributed by atoms with Crippen LogP contribution in [-0.4, -0.2) is 21.2 Å². The summed E-state index contributed by atoms with van der Waals surface area (Å²) in [6.45, 7) is 0. The van der Waals surface area contributed by atoms with Crippen molar-refractivity contribution in [1.82, 2.24) is 0 Å². The summed E-state index contributed by atoms with van der Waals surface area (Å²) in [4.78, 5) is 13.4. The Hall–Kier alpha value is -1.97. The molecule has 1 heterocycles. The molecule has 0 saturated carbocycles. The largest absolute Gasteiger partial charge is 0.493 e. The zero-order valence-corrected chi connectivity index (χ0v) is 9.48. The molecular weight excluding hydrogens is 206 g/mol. The second-order valence-electron chi connectivity index (χ2n) is 3.69. The number of nitrogens with zero attached hydrogens (tertiary/aromatic N) is 1. The zero-order valence-electron chi connectivity index (χ0n) is 9.48. The van der Waals surface area contributed by atoms with Gasteiger partial charge in [-0.3, -0.25) is 0 Å². The Bertz CT molecular complexity index is 572. The molecule has 1 aromatic heterocycles. The fourth-order valence-electron chi connectivity index (χ4n) is 1.58. The highest BCUT2D eigenvalue weighted by Crippen LogP contribution is 2.25. The first-order valence-electron chi connectivity index (χ1n) is 4.91. The van der Waals surface area contributed by atoms with Gasteiger partial charge in [-0.25, -0.2) is 4.79 Å². The molecule has 0 atom stereocenters. The van der Waals surface area contributed by atoms with Gasteiger partial charge in [0.2, 0.25) is 0 Å². The first-order valence-corrected chi connectivity index (χ1v) is 4.91. The molecule has 4 heteroatoms. The Kier molecular flexibility index (Phi) is 2.56. The molecule has 0 fully saturated rings. The standard InChI is InChI=1S/C12H13NO3/c1-13(2)9-7-8-5-4-6-10(15-3)11(8)16-12(9)14/h4-7H,1-3H3. The van der Waals surface area contributed by atoms with Crippen LogP contribution >= 0.6 is 0 Å². The maximum absolute atomic E-state index is 11.7. The minimum absolute atomic E-state index is 0.359. The van der Waals surface area contributed by atoms with E-state index in [0.29, 0.717) is 17.0 Å². The van der Waals surface area contributed by atoms with Gasteiger partial charge in [0.05, 0.1) is 7.11 Å². The maximum Gasteiger partial charge on any atom is 0.360 e. The van der Waals surface area contributed by atoms with Gasteiger partial charge in [-0.2, -0.15) is 0 Å². The molecule has 0 saturated heterocycles. The lowest BCUT2D eigenvalue weighted by atomic mass is 10.2. The predicted molar refractivity (Wildman–Crippen MR) is 63.4 cm³/mol. The van der Waals surface area contributed by atoms with Crippen LogP contribution in [0.25, 0.3) is 11.0 Å². The molecule has 1 aromatic carbocycles. The fourth-order valence-corrected chi connectivity index (χ4v) is 1.58. The SMILES string of the molecule is COc1cccc2cc(N(C)C)c(=O)oc12. The molecule has 4 nitrogen and oxygen atoms in total. The first-order chi connectivity index (χ1) is 7.63. The highest BCUT2D eigenvalue weighted by Gasteiger charge is 2.09. The minimum atomic E-state index is -0.359. The number of methoxy groups -OCH3 is 1. The van der Waals surface area contributed by atoms with Crippen LogP contribution < -0.4 is 15.3 Å². The number of ether oxygens (including phenoxy) is 1. The van der Waals surface area contributed by atoms with Gasteiger partial charge in [-0.05, 0) is 12.1 Å². The molecular formula is C12H13NO3. The van der Waals surface area contributed by atoms with Gasteiger partial charge in [-0.1, -0.05) is 12.1 Å². The third kappa shape index (κ3) is 1.62. The summed E-state index contributed by atoms with van der Waals surface area (Å²) >= 11 is 0. The minimum Gasteiger partial charge on any atom is -0.493 e. The third-order valence-electron chi connectivity index (χ3n) is 2.41. The topological polar surface area (TPSA) is 42.7 Å². The highest BCUT2D eigenvalue weighted by atomic mass is 16.5. The molecule has 2 rings (SSSR count). The Morgan fingerprint density at radius 3 is 2.69 bits per heavy atom. The summed E-state index contributed by atoms with van der Waals surface area (Å²) in [6.07, 6.45) is 0. The van der Waals surface area contributed by atoms with Crippen molar-refractivity contribution in [2.75, 3.05) is 26.1 Å². The normalized spacial score (nSPS) is 10.4. The van der Waals surface area contributed by atoms with E-state index in [1.54, 1.807) is 38.2 Å². The molecule has 16 heavy (non-hydrogen) atoms. The van der Waals surface area contributed by atoms with Crippen LogP contribution in [0.4, 0.5) is 5.69 Å². The van der Waals surface area contributed by atoms with Crippen molar-refractivity contribution in [1.29, 1.82) is 0 Å². The first kappa shape index (κ1) is 10.5. The smallest absolute Gasteiger partial charge is 0.360 e. The summed E-state index contributed by atoms with van der Waals surface area (Å²) in [5.74, 6) is 0.569. The van der Waals surface area contributed by atoms with E-state index in [1.807, 2.05) is 12.1 Å². The van der Waals surface area contributed by atoms with Crippen molar-refractivity contribution >= 4 is 16.7 Å². The summed E-state index contributed by atoms with van der Waals surface area (Å²) in [6, 6.07) is 7.30. The van der Waals surface area contributed by atoms with E-state index >= 15 is 0 Å². The van der Waals surface area contributed by atoms with Gasteiger partial charge in [0.15, 0.2) is 11.3 Å². The zero-order chi connectivity index (χ0) is 11.7. The van der Waals surface area contributed by atoms with Crippen LogP contribution in [0.2, 0.25) is 0 Å². The predicted octanol–water partition coefficient (Wildman–Crippen LogP) is 1.87. The van der Waals surface area contributed by atoms with Crippen molar-refractivity contribution in [2.45, 2.75) is 0 Å². The highest BCUT2D eigenvalue weighted by molar-refractivity contribution is 5.84. The lowest BCUT2D eigenvalue weighted by Gasteiger charge is -2.11. The quantitative estimate of drug-likeness (QED) is 0.723.